The first-order valence-electron chi connectivity index (χ1n) is 18.1. The summed E-state index contributed by atoms with van der Waals surface area (Å²) in [4.78, 5) is 31.7. The van der Waals surface area contributed by atoms with E-state index in [1.165, 1.54) is 32.9 Å². The molecule has 2 unspecified atom stereocenters. The highest BCUT2D eigenvalue weighted by Gasteiger charge is 2.61. The summed E-state index contributed by atoms with van der Waals surface area (Å²) in [5.74, 6) is 0.949. The molecule has 2 fully saturated rings. The minimum absolute atomic E-state index is 0.0226. The molecule has 4 bridgehead atoms. The molecular formula is C39H43N3O11S. The molecule has 7 aliphatic heterocycles. The Balaban J connectivity index is 1.32. The fraction of sp³-hybridized carbons (Fsp3) is 0.487. The van der Waals surface area contributed by atoms with Crippen LogP contribution in [-0.2, 0) is 32.7 Å². The minimum Gasteiger partial charge on any atom is -0.504 e. The molecule has 7 aliphatic rings. The summed E-state index contributed by atoms with van der Waals surface area (Å²) in [6.07, 6.45) is -0.0282. The van der Waals surface area contributed by atoms with Gasteiger partial charge in [-0.05, 0) is 68.1 Å². The molecule has 0 aliphatic carbocycles. The Labute approximate surface area is 316 Å². The highest BCUT2D eigenvalue weighted by molar-refractivity contribution is 7.99. The van der Waals surface area contributed by atoms with Crippen molar-refractivity contribution in [2.24, 2.45) is 0 Å². The second-order valence-electron chi connectivity index (χ2n) is 14.9. The number of ether oxygens (including phenoxy) is 6. The smallest absolute Gasteiger partial charge is 0.331 e. The summed E-state index contributed by atoms with van der Waals surface area (Å²) in [5.41, 5.74) is 4.36. The van der Waals surface area contributed by atoms with Crippen molar-refractivity contribution >= 4 is 23.7 Å². The monoisotopic (exact) mass is 761 g/mol. The number of aliphatic hydroxyl groups excluding tert-OH is 1. The van der Waals surface area contributed by atoms with Crippen molar-refractivity contribution in [2.45, 2.75) is 74.8 Å². The second kappa shape index (κ2) is 12.6. The first kappa shape index (κ1) is 35.3. The van der Waals surface area contributed by atoms with Crippen LogP contribution in [0.2, 0.25) is 0 Å². The van der Waals surface area contributed by atoms with Gasteiger partial charge in [-0.25, -0.2) is 4.79 Å². The lowest BCUT2D eigenvalue weighted by atomic mass is 9.73. The molecule has 1 spiro atoms. The number of aryl methyl sites for hydroxylation is 1. The van der Waals surface area contributed by atoms with Crippen LogP contribution in [0.3, 0.4) is 0 Å². The first-order valence-corrected chi connectivity index (χ1v) is 19.1. The molecule has 3 aromatic rings. The summed E-state index contributed by atoms with van der Waals surface area (Å²) in [6.45, 7) is 5.26. The fourth-order valence-corrected chi connectivity index (χ4v) is 11.7. The molecule has 15 heteroatoms. The number of hydrogen-bond donors (Lipinski definition) is 4. The number of phenolic OH excluding ortho intramolecular Hbond substituents is 2. The molecule has 7 atom stereocenters. The average Bonchev–Trinajstić information content (AvgIpc) is 3.63. The molecule has 0 aromatic heterocycles. The molecule has 286 valence electrons. The van der Waals surface area contributed by atoms with Crippen molar-refractivity contribution in [3.8, 4) is 40.2 Å². The summed E-state index contributed by atoms with van der Waals surface area (Å²) in [6, 6.07) is 3.13. The minimum atomic E-state index is -1.36. The van der Waals surface area contributed by atoms with Gasteiger partial charge in [0.05, 0.1) is 37.6 Å². The largest absolute Gasteiger partial charge is 0.504 e. The van der Waals surface area contributed by atoms with Crippen molar-refractivity contribution in [3.63, 3.8) is 0 Å². The molecule has 2 saturated heterocycles. The maximum absolute atomic E-state index is 14.7. The van der Waals surface area contributed by atoms with Gasteiger partial charge in [-0.3, -0.25) is 19.9 Å². The molecule has 4 N–H and O–H groups in total. The Bertz CT molecular complexity index is 2130. The van der Waals surface area contributed by atoms with Crippen LogP contribution in [0.4, 0.5) is 0 Å². The predicted molar refractivity (Wildman–Crippen MR) is 195 cm³/mol. The highest BCUT2D eigenvalue weighted by Crippen LogP contribution is 2.64. The summed E-state index contributed by atoms with van der Waals surface area (Å²) < 4.78 is 35.9. The van der Waals surface area contributed by atoms with E-state index in [-0.39, 0.29) is 42.4 Å². The molecule has 0 amide bonds. The van der Waals surface area contributed by atoms with Crippen molar-refractivity contribution < 1.29 is 53.3 Å². The molecule has 3 aromatic carbocycles. The topological polar surface area (TPSA) is 169 Å². The van der Waals surface area contributed by atoms with Crippen LogP contribution in [0.5, 0.6) is 40.2 Å². The quantitative estimate of drug-likeness (QED) is 0.226. The maximum atomic E-state index is 14.7. The van der Waals surface area contributed by atoms with Gasteiger partial charge in [-0.2, -0.15) is 0 Å². The third-order valence-corrected chi connectivity index (χ3v) is 13.7. The molecule has 54 heavy (non-hydrogen) atoms. The molecule has 7 heterocycles. The van der Waals surface area contributed by atoms with Crippen LogP contribution in [0.15, 0.2) is 18.2 Å². The van der Waals surface area contributed by atoms with Gasteiger partial charge in [0.25, 0.3) is 0 Å². The van der Waals surface area contributed by atoms with Crippen LogP contribution < -0.4 is 29.0 Å². The van der Waals surface area contributed by atoms with Gasteiger partial charge < -0.3 is 43.7 Å². The van der Waals surface area contributed by atoms with Crippen LogP contribution in [0.1, 0.15) is 68.8 Å². The lowest BCUT2D eigenvalue weighted by Crippen LogP contribution is -2.70. The number of aliphatic hydroxyl groups is 1. The number of esters is 2. The fourth-order valence-electron chi connectivity index (χ4n) is 10.00. The van der Waals surface area contributed by atoms with E-state index in [0.717, 1.165) is 16.7 Å². The number of carbonyl (C=O) groups excluding carboxylic acids is 2. The normalized spacial score (nSPS) is 29.4. The molecular weight excluding hydrogens is 719 g/mol. The summed E-state index contributed by atoms with van der Waals surface area (Å²) in [7, 11) is 4.96. The van der Waals surface area contributed by atoms with E-state index in [2.05, 4.69) is 10.2 Å². The number of aromatic hydroxyl groups is 2. The van der Waals surface area contributed by atoms with E-state index in [1.807, 2.05) is 31.9 Å². The number of piperazine rings is 1. The van der Waals surface area contributed by atoms with Crippen molar-refractivity contribution in [3.05, 3.63) is 62.7 Å². The lowest BCUT2D eigenvalue weighted by Gasteiger charge is -2.62. The number of benzene rings is 3. The zero-order valence-corrected chi connectivity index (χ0v) is 31.7. The van der Waals surface area contributed by atoms with Gasteiger partial charge in [0.15, 0.2) is 40.0 Å². The predicted octanol–water partition coefficient (Wildman–Crippen LogP) is 3.41. The van der Waals surface area contributed by atoms with Crippen LogP contribution >= 0.6 is 11.8 Å². The Morgan fingerprint density at radius 3 is 2.54 bits per heavy atom. The van der Waals surface area contributed by atoms with Gasteiger partial charge in [0.1, 0.15) is 18.6 Å². The van der Waals surface area contributed by atoms with Crippen molar-refractivity contribution in [1.29, 1.82) is 0 Å². The number of hydrogen-bond acceptors (Lipinski definition) is 15. The number of carbonyl (C=O) groups is 2. The number of phenols is 2. The lowest BCUT2D eigenvalue weighted by molar-refractivity contribution is -0.186. The summed E-state index contributed by atoms with van der Waals surface area (Å²) in [5, 5.41) is 38.2. The van der Waals surface area contributed by atoms with Crippen LogP contribution in [-0.4, -0.2) is 102 Å². The molecule has 14 nitrogen and oxygen atoms in total. The number of nitrogens with zero attached hydrogens (tertiary/aromatic N) is 2. The second-order valence-corrected chi connectivity index (χ2v) is 16.1. The summed E-state index contributed by atoms with van der Waals surface area (Å²) >= 11 is 1.47. The number of nitrogens with one attached hydrogen (secondary N) is 1. The Hall–Kier alpha value is -4.41. The number of likely N-dealkylation sites (N-methyl/N-ethyl adjacent to an activating group) is 1. The van der Waals surface area contributed by atoms with Crippen molar-refractivity contribution in [2.75, 3.05) is 47.0 Å². The van der Waals surface area contributed by atoms with E-state index >= 15 is 0 Å². The number of rotatable bonds is 3. The number of thioether (sulfide) groups is 1. The van der Waals surface area contributed by atoms with Crippen LogP contribution in [0.25, 0.3) is 0 Å². The third-order valence-electron chi connectivity index (χ3n) is 12.3. The zero-order chi connectivity index (χ0) is 38.0. The Morgan fingerprint density at radius 2 is 1.80 bits per heavy atom. The number of fused-ring (bicyclic) bond motifs is 9. The van der Waals surface area contributed by atoms with Gasteiger partial charge in [-0.1, -0.05) is 6.07 Å². The van der Waals surface area contributed by atoms with Crippen LogP contribution in [0, 0.1) is 13.8 Å². The van der Waals surface area contributed by atoms with Crippen molar-refractivity contribution in [1.82, 2.24) is 15.1 Å². The van der Waals surface area contributed by atoms with Gasteiger partial charge in [0, 0.05) is 47.5 Å². The SMILES string of the molecule is COc1cc2c(cc1O)CCN[C@@]21CS[C@@H]2c3c(OC(C)=O)c(C)c4c(c3C(COC1=O)N1C2[C@@H]2c3c(cc(C)c(OC)c3O)C[C@@H]([C@@H]1O)N2C)OCO4. The average molecular weight is 762 g/mol. The highest BCUT2D eigenvalue weighted by atomic mass is 32.2. The van der Waals surface area contributed by atoms with E-state index in [1.54, 1.807) is 12.1 Å². The van der Waals surface area contributed by atoms with E-state index < -0.39 is 47.1 Å². The standard InChI is InChI=1S/C39H43N3O11S/c1-16-9-20-10-22-37(46)42-23-13-50-38(47)39(21-12-25(48-5)24(44)11-19(21)7-8-40-39)14-54-36(30(42)29(41(22)4)26(20)31(45)32(16)49-6)28-27(23)35-34(51-15-52-35)17(2)33(28)53-18(3)43/h9,11-12,22-23,29-30,36-37,40,44-46H,7-8,10,13-15H2,1-6H3/t22-,23?,29-,30?,36+,37-,39-/m0/s1. The Kier molecular flexibility index (Phi) is 8.21. The van der Waals surface area contributed by atoms with E-state index in [4.69, 9.17) is 28.4 Å². The molecule has 0 saturated carbocycles. The molecule has 0 radical (unpaired) electrons. The van der Waals surface area contributed by atoms with E-state index in [9.17, 15) is 24.9 Å². The number of methoxy groups -OCH3 is 2. The van der Waals surface area contributed by atoms with E-state index in [0.29, 0.717) is 70.2 Å². The third kappa shape index (κ3) is 4.74. The Morgan fingerprint density at radius 1 is 1.02 bits per heavy atom. The van der Waals surface area contributed by atoms with Gasteiger partial charge >= 0.3 is 11.9 Å². The molecule has 10 rings (SSSR count). The maximum Gasteiger partial charge on any atom is 0.331 e. The van der Waals surface area contributed by atoms with Gasteiger partial charge in [0.2, 0.25) is 6.79 Å². The first-order chi connectivity index (χ1) is 25.9. The zero-order valence-electron chi connectivity index (χ0n) is 30.8. The van der Waals surface area contributed by atoms with Gasteiger partial charge in [-0.15, -0.1) is 11.8 Å².